The number of halogens is 4. The number of likely N-dealkylation sites (tertiary alicyclic amines) is 1. The number of carbonyl (C=O) groups excluding carboxylic acids is 1. The quantitative estimate of drug-likeness (QED) is 0.638. The van der Waals surface area contributed by atoms with Crippen LogP contribution in [0.15, 0.2) is 65.7 Å². The second-order valence-corrected chi connectivity index (χ2v) is 7.61. The van der Waals surface area contributed by atoms with Gasteiger partial charge in [-0.15, -0.1) is 0 Å². The third-order valence-corrected chi connectivity index (χ3v) is 5.85. The van der Waals surface area contributed by atoms with E-state index in [1.165, 1.54) is 17.1 Å². The standard InChI is InChI=1S/C21H20F4N2O2/c22-17-13-19(20(17,29)21(23,24)25)10-9-16-14(12-19)6-4-5-11-27(16)18(28)26-15-7-2-1-3-8-15/h1-3,7-9,12-13,29H,4-6,10-11H2,(H,26,28). The molecule has 0 bridgehead atoms. The highest BCUT2D eigenvalue weighted by atomic mass is 19.4. The van der Waals surface area contributed by atoms with Gasteiger partial charge < -0.3 is 10.4 Å². The fraction of sp³-hybridized carbons (Fsp3) is 0.381. The number of hydrogen-bond donors (Lipinski definition) is 2. The van der Waals surface area contributed by atoms with Crippen LogP contribution < -0.4 is 5.32 Å². The van der Waals surface area contributed by atoms with Gasteiger partial charge in [0.25, 0.3) is 0 Å². The van der Waals surface area contributed by atoms with Crippen LogP contribution in [0.1, 0.15) is 25.7 Å². The van der Waals surface area contributed by atoms with Gasteiger partial charge >= 0.3 is 12.2 Å². The Morgan fingerprint density at radius 2 is 1.86 bits per heavy atom. The lowest BCUT2D eigenvalue weighted by molar-refractivity contribution is -0.288. The lowest BCUT2D eigenvalue weighted by atomic mass is 9.57. The van der Waals surface area contributed by atoms with Gasteiger partial charge in [-0.25, -0.2) is 9.18 Å². The number of para-hydroxylation sites is 1. The van der Waals surface area contributed by atoms with E-state index in [0.717, 1.165) is 6.08 Å². The van der Waals surface area contributed by atoms with Crippen LogP contribution in [-0.4, -0.2) is 34.4 Å². The first kappa shape index (κ1) is 19.7. The van der Waals surface area contributed by atoms with Gasteiger partial charge in [-0.05, 0) is 49.5 Å². The topological polar surface area (TPSA) is 52.6 Å². The maximum Gasteiger partial charge on any atom is 0.424 e. The van der Waals surface area contributed by atoms with E-state index in [1.807, 2.05) is 6.07 Å². The molecule has 0 radical (unpaired) electrons. The molecule has 1 heterocycles. The Hall–Kier alpha value is -2.61. The predicted octanol–water partition coefficient (Wildman–Crippen LogP) is 5.07. The molecule has 1 fully saturated rings. The van der Waals surface area contributed by atoms with Crippen LogP contribution in [-0.2, 0) is 0 Å². The number of nitrogens with one attached hydrogen (secondary N) is 1. The molecule has 2 unspecified atom stereocenters. The number of amides is 2. The minimum atomic E-state index is -5.14. The number of alkyl halides is 3. The number of anilines is 1. The van der Waals surface area contributed by atoms with Crippen molar-refractivity contribution in [2.24, 2.45) is 5.41 Å². The Balaban J connectivity index is 1.64. The van der Waals surface area contributed by atoms with Crippen molar-refractivity contribution in [3.8, 4) is 0 Å². The molecule has 3 aliphatic rings. The summed E-state index contributed by atoms with van der Waals surface area (Å²) < 4.78 is 54.2. The first-order valence-corrected chi connectivity index (χ1v) is 9.42. The van der Waals surface area contributed by atoms with E-state index in [1.54, 1.807) is 24.3 Å². The molecule has 4 nitrogen and oxygen atoms in total. The number of urea groups is 1. The zero-order valence-electron chi connectivity index (χ0n) is 15.5. The molecule has 1 aromatic carbocycles. The Bertz CT molecular complexity index is 922. The number of allylic oxidation sites excluding steroid dienone is 2. The molecule has 0 aromatic heterocycles. The molecule has 8 heteroatoms. The van der Waals surface area contributed by atoms with Gasteiger partial charge in [-0.1, -0.05) is 30.4 Å². The van der Waals surface area contributed by atoms with Gasteiger partial charge in [-0.3, -0.25) is 4.90 Å². The van der Waals surface area contributed by atoms with Gasteiger partial charge in [0.05, 0.1) is 5.41 Å². The second kappa shape index (κ2) is 6.73. The molecule has 4 rings (SSSR count). The highest BCUT2D eigenvalue weighted by molar-refractivity contribution is 5.91. The third kappa shape index (κ3) is 2.97. The van der Waals surface area contributed by atoms with Crippen molar-refractivity contribution >= 4 is 11.7 Å². The van der Waals surface area contributed by atoms with Gasteiger partial charge in [0.2, 0.25) is 5.60 Å². The summed E-state index contributed by atoms with van der Waals surface area (Å²) in [5.41, 5.74) is -3.76. The van der Waals surface area contributed by atoms with Crippen molar-refractivity contribution < 1.29 is 27.5 Å². The average Bonchev–Trinajstić information content (AvgIpc) is 2.89. The maximum atomic E-state index is 13.8. The summed E-state index contributed by atoms with van der Waals surface area (Å²) in [6.07, 6.45) is 0.0559. The van der Waals surface area contributed by atoms with Gasteiger partial charge in [0.1, 0.15) is 5.83 Å². The van der Waals surface area contributed by atoms with Gasteiger partial charge in [0.15, 0.2) is 0 Å². The molecule has 1 aliphatic heterocycles. The fourth-order valence-electron chi connectivity index (χ4n) is 4.29. The Labute approximate surface area is 165 Å². The van der Waals surface area contributed by atoms with Crippen LogP contribution in [0.3, 0.4) is 0 Å². The lowest BCUT2D eigenvalue weighted by Gasteiger charge is -2.51. The summed E-state index contributed by atoms with van der Waals surface area (Å²) in [4.78, 5) is 14.3. The molecule has 154 valence electrons. The van der Waals surface area contributed by atoms with Crippen molar-refractivity contribution in [1.29, 1.82) is 0 Å². The normalized spacial score (nSPS) is 29.1. The Morgan fingerprint density at radius 1 is 1.14 bits per heavy atom. The fourth-order valence-corrected chi connectivity index (χ4v) is 4.29. The monoisotopic (exact) mass is 408 g/mol. The number of hydrogen-bond acceptors (Lipinski definition) is 2. The van der Waals surface area contributed by atoms with E-state index in [2.05, 4.69) is 5.32 Å². The van der Waals surface area contributed by atoms with E-state index in [-0.39, 0.29) is 12.5 Å². The second-order valence-electron chi connectivity index (χ2n) is 7.61. The van der Waals surface area contributed by atoms with E-state index >= 15 is 0 Å². The number of aliphatic hydroxyl groups is 1. The van der Waals surface area contributed by atoms with E-state index < -0.39 is 23.0 Å². The van der Waals surface area contributed by atoms with E-state index in [4.69, 9.17) is 0 Å². The molecule has 0 saturated carbocycles. The lowest BCUT2D eigenvalue weighted by Crippen LogP contribution is -2.63. The zero-order chi connectivity index (χ0) is 20.9. The number of fused-ring (bicyclic) bond motifs is 1. The van der Waals surface area contributed by atoms with Crippen molar-refractivity contribution in [1.82, 2.24) is 4.90 Å². The largest absolute Gasteiger partial charge is 0.424 e. The molecule has 2 aliphatic carbocycles. The number of nitrogens with zero attached hydrogens (tertiary/aromatic N) is 1. The third-order valence-electron chi connectivity index (χ3n) is 5.85. The number of benzene rings is 1. The summed E-state index contributed by atoms with van der Waals surface area (Å²) in [7, 11) is 0. The Kier molecular flexibility index (Phi) is 4.57. The van der Waals surface area contributed by atoms with Crippen molar-refractivity contribution in [2.45, 2.75) is 37.5 Å². The summed E-state index contributed by atoms with van der Waals surface area (Å²) in [6, 6.07) is 8.47. The molecule has 1 aromatic rings. The Morgan fingerprint density at radius 3 is 2.52 bits per heavy atom. The average molecular weight is 408 g/mol. The summed E-state index contributed by atoms with van der Waals surface area (Å²) in [6.45, 7) is 0.419. The first-order valence-electron chi connectivity index (χ1n) is 9.42. The molecule has 2 atom stereocenters. The van der Waals surface area contributed by atoms with Crippen LogP contribution in [0.25, 0.3) is 0 Å². The number of carbonyl (C=O) groups is 1. The molecule has 2 amide bonds. The van der Waals surface area contributed by atoms with E-state index in [0.29, 0.717) is 42.8 Å². The van der Waals surface area contributed by atoms with Crippen LogP contribution in [0, 0.1) is 5.41 Å². The molecule has 1 spiro atoms. The van der Waals surface area contributed by atoms with Crippen LogP contribution in [0.5, 0.6) is 0 Å². The van der Waals surface area contributed by atoms with Crippen molar-refractivity contribution in [3.63, 3.8) is 0 Å². The van der Waals surface area contributed by atoms with Gasteiger partial charge in [0, 0.05) is 17.9 Å². The highest BCUT2D eigenvalue weighted by Gasteiger charge is 2.73. The zero-order valence-corrected chi connectivity index (χ0v) is 15.5. The van der Waals surface area contributed by atoms with Crippen molar-refractivity contribution in [2.75, 3.05) is 11.9 Å². The molecular weight excluding hydrogens is 388 g/mol. The van der Waals surface area contributed by atoms with Crippen LogP contribution in [0.4, 0.5) is 28.0 Å². The minimum Gasteiger partial charge on any atom is -0.374 e. The molecular formula is C21H20F4N2O2. The van der Waals surface area contributed by atoms with Crippen LogP contribution in [0.2, 0.25) is 0 Å². The first-order chi connectivity index (χ1) is 13.7. The maximum absolute atomic E-state index is 13.8. The van der Waals surface area contributed by atoms with E-state index in [9.17, 15) is 27.5 Å². The molecule has 1 saturated heterocycles. The predicted molar refractivity (Wildman–Crippen MR) is 99.4 cm³/mol. The smallest absolute Gasteiger partial charge is 0.374 e. The summed E-state index contributed by atoms with van der Waals surface area (Å²) in [5.74, 6) is -1.58. The minimum absolute atomic E-state index is 0.246. The summed E-state index contributed by atoms with van der Waals surface area (Å²) in [5, 5.41) is 13.0. The highest BCUT2D eigenvalue weighted by Crippen LogP contribution is 2.62. The van der Waals surface area contributed by atoms with Crippen LogP contribution >= 0.6 is 0 Å². The molecule has 2 N–H and O–H groups in total. The van der Waals surface area contributed by atoms with Gasteiger partial charge in [-0.2, -0.15) is 13.2 Å². The summed E-state index contributed by atoms with van der Waals surface area (Å²) >= 11 is 0. The number of rotatable bonds is 1. The molecule has 29 heavy (non-hydrogen) atoms. The van der Waals surface area contributed by atoms with Crippen molar-refractivity contribution in [3.05, 3.63) is 65.7 Å². The SMILES string of the molecule is O=C(Nc1ccccc1)N1CCCCC2=CC3(C=C(F)C3(O)C(F)(F)F)CC=C21.